The Bertz CT molecular complexity index is 147. The number of phosphoric acid groups is 1. The van der Waals surface area contributed by atoms with E-state index in [-0.39, 0.29) is 0 Å². The third kappa shape index (κ3) is 7.51. The molecule has 2 N–H and O–H groups in total. The second kappa shape index (κ2) is 2.88. The first-order chi connectivity index (χ1) is 3.92. The lowest BCUT2D eigenvalue weighted by Crippen LogP contribution is -2.03. The first-order valence-electron chi connectivity index (χ1n) is 1.74. The van der Waals surface area contributed by atoms with Crippen LogP contribution in [0.1, 0.15) is 0 Å². The fraction of sp³-hybridized carbons (Fsp3) is 1.00. The predicted octanol–water partition coefficient (Wildman–Crippen LogP) is -0.670. The Morgan fingerprint density at radius 2 is 2.11 bits per heavy atom. The summed E-state index contributed by atoms with van der Waals surface area (Å²) in [5.41, 5.74) is 0. The van der Waals surface area contributed by atoms with Crippen LogP contribution < -0.4 is 0 Å². The number of hydrogen-bond donors (Lipinski definition) is 2. The second-order valence-corrected chi connectivity index (χ2v) is 2.32. The van der Waals surface area contributed by atoms with Gasteiger partial charge in [-0.25, -0.2) is 9.09 Å². The average molecular weight is 157 g/mol. The molecule has 0 aliphatic carbocycles. The predicted molar refractivity (Wildman–Crippen MR) is 25.0 cm³/mol. The summed E-state index contributed by atoms with van der Waals surface area (Å²) >= 11 is 0. The molecule has 7 nitrogen and oxygen atoms in total. The van der Waals surface area contributed by atoms with Gasteiger partial charge in [0.25, 0.3) is 0 Å². The van der Waals surface area contributed by atoms with E-state index in [4.69, 9.17) is 9.79 Å². The van der Waals surface area contributed by atoms with Crippen molar-refractivity contribution in [1.29, 1.82) is 0 Å². The van der Waals surface area contributed by atoms with Gasteiger partial charge in [-0.15, -0.1) is 0 Å². The minimum absolute atomic E-state index is 0.987. The van der Waals surface area contributed by atoms with Crippen molar-refractivity contribution in [3.63, 3.8) is 0 Å². The normalized spacial score (nSPS) is 11.3. The average Bonchev–Trinajstić information content (AvgIpc) is 1.59. The second-order valence-electron chi connectivity index (χ2n) is 1.08. The smallest absolute Gasteiger partial charge is 0.302 e. The number of phosphoric ester groups is 1. The molecule has 54 valence electrons. The Balaban J connectivity index is 3.53. The van der Waals surface area contributed by atoms with Crippen molar-refractivity contribution in [1.82, 2.24) is 0 Å². The van der Waals surface area contributed by atoms with E-state index in [0.717, 1.165) is 0 Å². The molecule has 0 aromatic heterocycles. The highest BCUT2D eigenvalue weighted by Gasteiger charge is 2.16. The fourth-order valence-electron chi connectivity index (χ4n) is 0.122. The number of rotatable bonds is 3. The molecule has 0 aliphatic rings. The topological polar surface area (TPSA) is 110 Å². The van der Waals surface area contributed by atoms with Gasteiger partial charge >= 0.3 is 14.6 Å². The van der Waals surface area contributed by atoms with Crippen molar-refractivity contribution in [3.05, 3.63) is 10.1 Å². The standard InChI is InChI=1S/CH4NO6P/c3-2(4)1-8-9(5,6)7/h1H2,(H2,5,6,7). The van der Waals surface area contributed by atoms with Gasteiger partial charge in [-0.05, 0) is 0 Å². The van der Waals surface area contributed by atoms with Crippen molar-refractivity contribution in [2.45, 2.75) is 0 Å². The summed E-state index contributed by atoms with van der Waals surface area (Å²) < 4.78 is 13.2. The van der Waals surface area contributed by atoms with Gasteiger partial charge in [0, 0.05) is 4.92 Å². The Labute approximate surface area is 49.6 Å². The zero-order chi connectivity index (χ0) is 7.49. The van der Waals surface area contributed by atoms with Gasteiger partial charge in [0.15, 0.2) is 0 Å². The molecule has 0 rings (SSSR count). The quantitative estimate of drug-likeness (QED) is 0.243. The summed E-state index contributed by atoms with van der Waals surface area (Å²) in [6.45, 7) is -1.18. The molecule has 0 fully saturated rings. The molecule has 9 heavy (non-hydrogen) atoms. The van der Waals surface area contributed by atoms with Crippen LogP contribution in [-0.2, 0) is 9.09 Å². The summed E-state index contributed by atoms with van der Waals surface area (Å²) in [4.78, 5) is 24.1. The van der Waals surface area contributed by atoms with E-state index in [9.17, 15) is 14.7 Å². The number of hydrogen-bond acceptors (Lipinski definition) is 4. The lowest BCUT2D eigenvalue weighted by molar-refractivity contribution is -0.515. The van der Waals surface area contributed by atoms with Crippen LogP contribution in [0.4, 0.5) is 0 Å². The van der Waals surface area contributed by atoms with E-state index in [1.807, 2.05) is 0 Å². The van der Waals surface area contributed by atoms with Crippen molar-refractivity contribution in [2.75, 3.05) is 6.73 Å². The summed E-state index contributed by atoms with van der Waals surface area (Å²) in [6, 6.07) is 0. The van der Waals surface area contributed by atoms with Crippen molar-refractivity contribution >= 4 is 7.82 Å². The van der Waals surface area contributed by atoms with Crippen LogP contribution in [0.3, 0.4) is 0 Å². The van der Waals surface area contributed by atoms with Gasteiger partial charge in [0.2, 0.25) is 0 Å². The SMILES string of the molecule is O=[N+]([O-])COP(=O)(O)O. The van der Waals surface area contributed by atoms with Gasteiger partial charge in [0.1, 0.15) is 0 Å². The van der Waals surface area contributed by atoms with E-state index in [0.29, 0.717) is 0 Å². The molecule has 0 amide bonds. The van der Waals surface area contributed by atoms with Crippen LogP contribution >= 0.6 is 7.82 Å². The lowest BCUT2D eigenvalue weighted by Gasteiger charge is -1.97. The van der Waals surface area contributed by atoms with Gasteiger partial charge in [-0.3, -0.25) is 10.1 Å². The molecule has 0 radical (unpaired) electrons. The van der Waals surface area contributed by atoms with Crippen LogP contribution in [0.25, 0.3) is 0 Å². The molecule has 0 saturated heterocycles. The minimum atomic E-state index is -4.66. The van der Waals surface area contributed by atoms with Gasteiger partial charge < -0.3 is 9.79 Å². The maximum absolute atomic E-state index is 9.70. The van der Waals surface area contributed by atoms with E-state index in [1.165, 1.54) is 0 Å². The summed E-state index contributed by atoms with van der Waals surface area (Å²) in [6.07, 6.45) is 0. The zero-order valence-corrected chi connectivity index (χ0v) is 5.02. The maximum Gasteiger partial charge on any atom is 0.474 e. The third-order valence-corrected chi connectivity index (χ3v) is 0.783. The Morgan fingerprint density at radius 3 is 2.22 bits per heavy atom. The maximum atomic E-state index is 9.70. The van der Waals surface area contributed by atoms with E-state index < -0.39 is 19.5 Å². The van der Waals surface area contributed by atoms with E-state index in [1.54, 1.807) is 0 Å². The summed E-state index contributed by atoms with van der Waals surface area (Å²) in [7, 11) is -4.66. The molecule has 8 heteroatoms. The molecule has 0 spiro atoms. The molecule has 0 heterocycles. The van der Waals surface area contributed by atoms with Gasteiger partial charge in [0.05, 0.1) is 0 Å². The van der Waals surface area contributed by atoms with Gasteiger partial charge in [-0.2, -0.15) is 0 Å². The van der Waals surface area contributed by atoms with Gasteiger partial charge in [-0.1, -0.05) is 0 Å². The third-order valence-electron chi connectivity index (χ3n) is 0.331. The largest absolute Gasteiger partial charge is 0.474 e. The molecular weight excluding hydrogens is 153 g/mol. The molecule has 0 atom stereocenters. The molecule has 0 aromatic rings. The van der Waals surface area contributed by atoms with Crippen LogP contribution in [0, 0.1) is 10.1 Å². The minimum Gasteiger partial charge on any atom is -0.302 e. The zero-order valence-electron chi connectivity index (χ0n) is 4.13. The van der Waals surface area contributed by atoms with Crippen LogP contribution in [0.5, 0.6) is 0 Å². The molecule has 0 saturated carbocycles. The summed E-state index contributed by atoms with van der Waals surface area (Å²) in [5.74, 6) is 0. The first-order valence-corrected chi connectivity index (χ1v) is 3.27. The van der Waals surface area contributed by atoms with Crippen LogP contribution in [0.15, 0.2) is 0 Å². The van der Waals surface area contributed by atoms with E-state index >= 15 is 0 Å². The van der Waals surface area contributed by atoms with E-state index in [2.05, 4.69) is 4.52 Å². The Morgan fingerprint density at radius 1 is 1.67 bits per heavy atom. The van der Waals surface area contributed by atoms with Crippen molar-refractivity contribution < 1.29 is 23.8 Å². The van der Waals surface area contributed by atoms with Crippen LogP contribution in [-0.4, -0.2) is 21.4 Å². The monoisotopic (exact) mass is 157 g/mol. The van der Waals surface area contributed by atoms with Crippen molar-refractivity contribution in [3.8, 4) is 0 Å². The van der Waals surface area contributed by atoms with Crippen LogP contribution in [0.2, 0.25) is 0 Å². The highest BCUT2D eigenvalue weighted by molar-refractivity contribution is 7.46. The molecule has 0 aliphatic heterocycles. The number of nitrogens with zero attached hydrogens (tertiary/aromatic N) is 1. The molecule has 0 unspecified atom stereocenters. The molecule has 0 aromatic carbocycles. The summed E-state index contributed by atoms with van der Waals surface area (Å²) in [5, 5.41) is 9.38. The highest BCUT2D eigenvalue weighted by Crippen LogP contribution is 2.35. The highest BCUT2D eigenvalue weighted by atomic mass is 31.2. The van der Waals surface area contributed by atoms with Crippen molar-refractivity contribution in [2.24, 2.45) is 0 Å². The lowest BCUT2D eigenvalue weighted by atomic mass is 11.4. The molecule has 0 bridgehead atoms. The Hall–Kier alpha value is -0.490. The Kier molecular flexibility index (Phi) is 2.72. The number of nitro groups is 1. The fourth-order valence-corrected chi connectivity index (χ4v) is 0.367. The first kappa shape index (κ1) is 8.51. The molecular formula is CH4NO6P.